The molecule has 1 aliphatic carbocycles. The smallest absolute Gasteiger partial charge is 0.0998 e. The van der Waals surface area contributed by atoms with Crippen molar-refractivity contribution in [1.82, 2.24) is 0 Å². The molecule has 3 atom stereocenters. The third-order valence-electron chi connectivity index (χ3n) is 3.10. The van der Waals surface area contributed by atoms with Crippen LogP contribution in [0.5, 0.6) is 0 Å². The summed E-state index contributed by atoms with van der Waals surface area (Å²) in [5.41, 5.74) is 1.49. The summed E-state index contributed by atoms with van der Waals surface area (Å²) in [6.45, 7) is 8.33. The van der Waals surface area contributed by atoms with Crippen LogP contribution in [-0.2, 0) is 11.8 Å². The van der Waals surface area contributed by atoms with Gasteiger partial charge in [0.05, 0.1) is 0 Å². The number of halogens is 2. The zero-order valence-electron chi connectivity index (χ0n) is 8.67. The van der Waals surface area contributed by atoms with Gasteiger partial charge in [-0.05, 0) is 31.6 Å². The van der Waals surface area contributed by atoms with Crippen LogP contribution < -0.4 is 0 Å². The molecule has 0 amide bonds. The van der Waals surface area contributed by atoms with Gasteiger partial charge in [0.25, 0.3) is 0 Å². The lowest BCUT2D eigenvalue weighted by Gasteiger charge is -2.37. The van der Waals surface area contributed by atoms with Crippen molar-refractivity contribution in [1.29, 1.82) is 0 Å². The standard InChI is InChI=1S/C10H17Cl2PS/c1-7(2)9-5-4-8(3)6-10(9)13(11,12)14/h8-10H,1,4-6H2,2-3H3. The molecule has 1 rings (SSSR count). The number of allylic oxidation sites excluding steroid dienone is 1. The second kappa shape index (κ2) is 4.87. The average molecular weight is 271 g/mol. The minimum absolute atomic E-state index is 0.294. The Kier molecular flexibility index (Phi) is 4.53. The van der Waals surface area contributed by atoms with E-state index in [1.807, 2.05) is 0 Å². The molecular weight excluding hydrogens is 254 g/mol. The van der Waals surface area contributed by atoms with Crippen molar-refractivity contribution in [3.05, 3.63) is 12.2 Å². The van der Waals surface area contributed by atoms with E-state index in [1.165, 1.54) is 12.0 Å². The van der Waals surface area contributed by atoms with Crippen molar-refractivity contribution in [2.45, 2.75) is 38.8 Å². The van der Waals surface area contributed by atoms with Gasteiger partial charge in [0.1, 0.15) is 4.74 Å². The molecule has 0 aromatic heterocycles. The predicted octanol–water partition coefficient (Wildman–Crippen LogP) is 5.15. The molecular formula is C10H17Cl2PS. The SMILES string of the molecule is C=C(C)C1CCC(C)CC1P(=S)(Cl)Cl. The number of hydrogen-bond acceptors (Lipinski definition) is 1. The van der Waals surface area contributed by atoms with Crippen molar-refractivity contribution >= 4 is 39.0 Å². The largest absolute Gasteiger partial charge is 0.123 e. The molecule has 0 aromatic carbocycles. The van der Waals surface area contributed by atoms with Gasteiger partial charge < -0.3 is 0 Å². The molecule has 0 N–H and O–H groups in total. The Morgan fingerprint density at radius 2 is 2.00 bits per heavy atom. The second-order valence-corrected chi connectivity index (χ2v) is 12.8. The summed E-state index contributed by atoms with van der Waals surface area (Å²) in [7, 11) is 0. The quantitative estimate of drug-likeness (QED) is 0.494. The molecule has 0 nitrogen and oxygen atoms in total. The van der Waals surface area contributed by atoms with Crippen molar-refractivity contribution in [3.8, 4) is 0 Å². The van der Waals surface area contributed by atoms with Gasteiger partial charge in [-0.2, -0.15) is 0 Å². The summed E-state index contributed by atoms with van der Waals surface area (Å²) in [6.07, 6.45) is 3.47. The Morgan fingerprint density at radius 1 is 1.43 bits per heavy atom. The highest BCUT2D eigenvalue weighted by Gasteiger charge is 2.36. The molecule has 1 saturated carbocycles. The molecule has 1 aliphatic rings. The second-order valence-electron chi connectivity index (χ2n) is 4.44. The van der Waals surface area contributed by atoms with E-state index in [0.717, 1.165) is 12.8 Å². The van der Waals surface area contributed by atoms with E-state index in [4.69, 9.17) is 34.3 Å². The lowest BCUT2D eigenvalue weighted by Crippen LogP contribution is -2.27. The summed E-state index contributed by atoms with van der Waals surface area (Å²) in [4.78, 5) is 0. The summed E-state index contributed by atoms with van der Waals surface area (Å²) in [5, 5.41) is 0. The van der Waals surface area contributed by atoms with Gasteiger partial charge in [-0.1, -0.05) is 59.8 Å². The Hall–Kier alpha value is 0.970. The lowest BCUT2D eigenvalue weighted by atomic mass is 9.79. The van der Waals surface area contributed by atoms with Crippen LogP contribution >= 0.6 is 27.2 Å². The van der Waals surface area contributed by atoms with Gasteiger partial charge in [0.2, 0.25) is 0 Å². The molecule has 0 radical (unpaired) electrons. The van der Waals surface area contributed by atoms with Crippen LogP contribution in [0.25, 0.3) is 0 Å². The first kappa shape index (κ1) is 13.0. The average Bonchev–Trinajstić information content (AvgIpc) is 2.01. The zero-order valence-corrected chi connectivity index (χ0v) is 11.9. The van der Waals surface area contributed by atoms with Crippen molar-refractivity contribution < 1.29 is 0 Å². The summed E-state index contributed by atoms with van der Waals surface area (Å²) in [5.74, 6) is 1.16. The van der Waals surface area contributed by atoms with Crippen LogP contribution in [0.15, 0.2) is 12.2 Å². The Labute approximate surface area is 102 Å². The van der Waals surface area contributed by atoms with Crippen LogP contribution in [0.3, 0.4) is 0 Å². The molecule has 82 valence electrons. The van der Waals surface area contributed by atoms with Gasteiger partial charge in [0, 0.05) is 5.66 Å². The third-order valence-corrected chi connectivity index (χ3v) is 6.76. The fourth-order valence-electron chi connectivity index (χ4n) is 2.26. The third kappa shape index (κ3) is 3.23. The summed E-state index contributed by atoms with van der Waals surface area (Å²) in [6, 6.07) is 0. The van der Waals surface area contributed by atoms with E-state index >= 15 is 0 Å². The highest BCUT2D eigenvalue weighted by Crippen LogP contribution is 2.67. The van der Waals surface area contributed by atoms with Crippen LogP contribution in [-0.4, -0.2) is 5.66 Å². The minimum Gasteiger partial charge on any atom is -0.0998 e. The van der Waals surface area contributed by atoms with Crippen molar-refractivity contribution in [2.24, 2.45) is 11.8 Å². The first-order valence-electron chi connectivity index (χ1n) is 4.96. The fourth-order valence-corrected chi connectivity index (χ4v) is 5.68. The first-order valence-corrected chi connectivity index (χ1v) is 9.65. The maximum Gasteiger partial charge on any atom is 0.123 e. The van der Waals surface area contributed by atoms with Crippen molar-refractivity contribution in [2.75, 3.05) is 0 Å². The molecule has 1 fully saturated rings. The van der Waals surface area contributed by atoms with Gasteiger partial charge in [-0.3, -0.25) is 0 Å². The summed E-state index contributed by atoms with van der Waals surface area (Å²) >= 11 is 17.6. The number of hydrogen-bond donors (Lipinski definition) is 0. The topological polar surface area (TPSA) is 0 Å². The molecule has 0 spiro atoms. The molecule has 0 saturated heterocycles. The molecule has 0 heterocycles. The van der Waals surface area contributed by atoms with E-state index in [0.29, 0.717) is 17.5 Å². The van der Waals surface area contributed by atoms with Gasteiger partial charge in [-0.15, -0.1) is 0 Å². The summed E-state index contributed by atoms with van der Waals surface area (Å²) < 4.78 is -2.17. The monoisotopic (exact) mass is 270 g/mol. The van der Waals surface area contributed by atoms with Crippen molar-refractivity contribution in [3.63, 3.8) is 0 Å². The molecule has 3 unspecified atom stereocenters. The first-order chi connectivity index (χ1) is 6.32. The molecule has 0 aliphatic heterocycles. The highest BCUT2D eigenvalue weighted by atomic mass is 35.9. The lowest BCUT2D eigenvalue weighted by molar-refractivity contribution is 0.329. The van der Waals surface area contributed by atoms with Crippen LogP contribution in [0.4, 0.5) is 0 Å². The van der Waals surface area contributed by atoms with Crippen LogP contribution in [0.2, 0.25) is 0 Å². The van der Waals surface area contributed by atoms with E-state index in [2.05, 4.69) is 20.4 Å². The zero-order chi connectivity index (χ0) is 10.9. The minimum atomic E-state index is -2.17. The highest BCUT2D eigenvalue weighted by molar-refractivity contribution is 8.39. The maximum absolute atomic E-state index is 6.17. The fraction of sp³-hybridized carbons (Fsp3) is 0.800. The van der Waals surface area contributed by atoms with Crippen LogP contribution in [0, 0.1) is 11.8 Å². The molecule has 14 heavy (non-hydrogen) atoms. The Bertz CT molecular complexity index is 271. The van der Waals surface area contributed by atoms with Gasteiger partial charge in [0.15, 0.2) is 0 Å². The van der Waals surface area contributed by atoms with E-state index in [-0.39, 0.29) is 0 Å². The molecule has 0 aromatic rings. The molecule has 4 heteroatoms. The number of rotatable bonds is 2. The Balaban J connectivity index is 2.85. The van der Waals surface area contributed by atoms with Gasteiger partial charge in [-0.25, -0.2) is 0 Å². The van der Waals surface area contributed by atoms with Crippen LogP contribution in [0.1, 0.15) is 33.1 Å². The predicted molar refractivity (Wildman–Crippen MR) is 71.1 cm³/mol. The van der Waals surface area contributed by atoms with E-state index < -0.39 is 4.74 Å². The molecule has 0 bridgehead atoms. The Morgan fingerprint density at radius 3 is 2.43 bits per heavy atom. The van der Waals surface area contributed by atoms with E-state index in [1.54, 1.807) is 0 Å². The maximum atomic E-state index is 6.17. The van der Waals surface area contributed by atoms with Gasteiger partial charge >= 0.3 is 0 Å². The van der Waals surface area contributed by atoms with E-state index in [9.17, 15) is 0 Å². The normalized spacial score (nSPS) is 34.1.